The number of halogens is 20. The summed E-state index contributed by atoms with van der Waals surface area (Å²) in [4.78, 5) is 12.6. The van der Waals surface area contributed by atoms with E-state index in [9.17, 15) is 92.6 Å². The third-order valence-electron chi connectivity index (χ3n) is 9.28. The van der Waals surface area contributed by atoms with Crippen LogP contribution in [0.3, 0.4) is 0 Å². The van der Waals surface area contributed by atoms with E-state index in [1.165, 1.54) is 0 Å². The number of carbonyl (C=O) groups is 1. The van der Waals surface area contributed by atoms with Gasteiger partial charge < -0.3 is 14.2 Å². The fourth-order valence-corrected chi connectivity index (χ4v) is 5.70. The van der Waals surface area contributed by atoms with Crippen LogP contribution in [0.2, 0.25) is 0 Å². The molecule has 0 bridgehead atoms. The van der Waals surface area contributed by atoms with Crippen LogP contribution in [0.1, 0.15) is 84.0 Å². The molecule has 0 spiro atoms. The minimum absolute atomic E-state index is 0.0592. The number of unbranched alkanes of at least 4 members (excludes halogenated alkanes) is 3. The van der Waals surface area contributed by atoms with E-state index >= 15 is 0 Å². The van der Waals surface area contributed by atoms with Gasteiger partial charge in [-0.1, -0.05) is 26.2 Å². The Morgan fingerprint density at radius 3 is 1.35 bits per heavy atom. The molecule has 24 heteroatoms. The maximum atomic E-state index is 14.3. The van der Waals surface area contributed by atoms with Crippen molar-refractivity contribution in [1.82, 2.24) is 0 Å². The summed E-state index contributed by atoms with van der Waals surface area (Å²) in [5.41, 5.74) is 0. The number of rotatable bonds is 20. The van der Waals surface area contributed by atoms with Crippen LogP contribution in [0.5, 0.6) is 0 Å². The maximum Gasteiger partial charge on any atom is 0.385 e. The van der Waals surface area contributed by atoms with Gasteiger partial charge in [0.1, 0.15) is 12.7 Å². The first-order valence-corrected chi connectivity index (χ1v) is 16.4. The molecule has 2 fully saturated rings. The van der Waals surface area contributed by atoms with Gasteiger partial charge in [0.25, 0.3) is 0 Å². The molecule has 4 nitrogen and oxygen atoms in total. The normalized spacial score (nSPS) is 23.5. The molecule has 2 rings (SSSR count). The van der Waals surface area contributed by atoms with Gasteiger partial charge >= 0.3 is 65.7 Å². The standard InChI is InChI=1S/C30H36F20O4/c1-2-3-4-5-14-52-17-8-6-16(7-9-17)20(51)54-19-12-10-18(11-13-19)53-15-22(33,34)24(37,38)26(41,42)28(45,46)30(49,50)29(47,48)27(43,44)25(39,40)23(35,36)21(31)32/h16-19,21H,2-15H2,1H3. The number of alkyl halides is 20. The molecule has 0 radical (unpaired) electrons. The van der Waals surface area contributed by atoms with Gasteiger partial charge in [0.2, 0.25) is 0 Å². The van der Waals surface area contributed by atoms with Gasteiger partial charge in [-0.15, -0.1) is 0 Å². The molecule has 0 heterocycles. The van der Waals surface area contributed by atoms with Gasteiger partial charge in [0, 0.05) is 6.61 Å². The summed E-state index contributed by atoms with van der Waals surface area (Å²) in [5.74, 6) is -76.5. The summed E-state index contributed by atoms with van der Waals surface area (Å²) in [7, 11) is 0. The number of ether oxygens (including phenoxy) is 3. The molecule has 0 aromatic rings. The Morgan fingerprint density at radius 2 is 0.907 bits per heavy atom. The molecular weight excluding hydrogens is 804 g/mol. The van der Waals surface area contributed by atoms with Crippen molar-refractivity contribution in [2.24, 2.45) is 5.92 Å². The average Bonchev–Trinajstić information content (AvgIpc) is 3.07. The van der Waals surface area contributed by atoms with E-state index < -0.39 is 103 Å². The van der Waals surface area contributed by atoms with E-state index in [2.05, 4.69) is 4.74 Å². The highest BCUT2D eigenvalue weighted by Gasteiger charge is 2.96. The van der Waals surface area contributed by atoms with Crippen molar-refractivity contribution in [3.63, 3.8) is 0 Å². The number of carbonyl (C=O) groups excluding carboxylic acids is 1. The molecule has 54 heavy (non-hydrogen) atoms. The van der Waals surface area contributed by atoms with Crippen LogP contribution in [-0.2, 0) is 19.0 Å². The summed E-state index contributed by atoms with van der Waals surface area (Å²) in [6.07, 6.45) is -4.05. The molecule has 0 amide bonds. The van der Waals surface area contributed by atoms with Crippen molar-refractivity contribution in [1.29, 1.82) is 0 Å². The molecular formula is C30H36F20O4. The van der Waals surface area contributed by atoms with Crippen LogP contribution in [-0.4, -0.2) is 97.2 Å². The number of hydrogen-bond donors (Lipinski definition) is 0. The van der Waals surface area contributed by atoms with Crippen LogP contribution < -0.4 is 0 Å². The highest BCUT2D eigenvalue weighted by molar-refractivity contribution is 5.72. The van der Waals surface area contributed by atoms with Crippen molar-refractivity contribution in [2.75, 3.05) is 13.2 Å². The highest BCUT2D eigenvalue weighted by atomic mass is 19.4. The van der Waals surface area contributed by atoms with Crippen molar-refractivity contribution in [3.05, 3.63) is 0 Å². The molecule has 0 aromatic carbocycles. The second kappa shape index (κ2) is 16.8. The molecule has 2 aliphatic carbocycles. The fraction of sp³-hybridized carbons (Fsp3) is 0.967. The summed E-state index contributed by atoms with van der Waals surface area (Å²) in [5, 5.41) is 0. The zero-order chi connectivity index (χ0) is 42.0. The predicted molar refractivity (Wildman–Crippen MR) is 144 cm³/mol. The number of hydrogen-bond acceptors (Lipinski definition) is 4. The monoisotopic (exact) mass is 840 g/mol. The first kappa shape index (κ1) is 48.1. The minimum atomic E-state index is -9.05. The van der Waals surface area contributed by atoms with Gasteiger partial charge in [0.15, 0.2) is 0 Å². The second-order valence-electron chi connectivity index (χ2n) is 13.2. The van der Waals surface area contributed by atoms with Crippen molar-refractivity contribution >= 4 is 5.97 Å². The van der Waals surface area contributed by atoms with Crippen molar-refractivity contribution < 1.29 is 107 Å². The molecule has 0 aromatic heterocycles. The van der Waals surface area contributed by atoms with E-state index in [0.717, 1.165) is 25.7 Å². The zero-order valence-corrected chi connectivity index (χ0v) is 28.0. The largest absolute Gasteiger partial charge is 0.462 e. The molecule has 2 aliphatic rings. The van der Waals surface area contributed by atoms with E-state index in [1.54, 1.807) is 0 Å². The lowest BCUT2D eigenvalue weighted by molar-refractivity contribution is -0.466. The van der Waals surface area contributed by atoms with Gasteiger partial charge in [0.05, 0.1) is 18.1 Å². The van der Waals surface area contributed by atoms with Crippen molar-refractivity contribution in [2.45, 2.75) is 162 Å². The van der Waals surface area contributed by atoms with Gasteiger partial charge in [-0.05, 0) is 57.8 Å². The van der Waals surface area contributed by atoms with Crippen molar-refractivity contribution in [3.8, 4) is 0 Å². The first-order chi connectivity index (χ1) is 24.3. The Labute approximate surface area is 294 Å². The van der Waals surface area contributed by atoms with E-state index in [1.807, 2.05) is 6.92 Å². The quantitative estimate of drug-likeness (QED) is 0.0696. The highest BCUT2D eigenvalue weighted by Crippen LogP contribution is 2.65. The van der Waals surface area contributed by atoms with Gasteiger partial charge in [-0.25, -0.2) is 8.78 Å². The Morgan fingerprint density at radius 1 is 0.519 bits per heavy atom. The van der Waals surface area contributed by atoms with E-state index in [0.29, 0.717) is 32.3 Å². The van der Waals surface area contributed by atoms with Crippen LogP contribution in [0, 0.1) is 5.92 Å². The molecule has 0 atom stereocenters. The third kappa shape index (κ3) is 8.77. The van der Waals surface area contributed by atoms with Crippen LogP contribution in [0.15, 0.2) is 0 Å². The van der Waals surface area contributed by atoms with Crippen LogP contribution >= 0.6 is 0 Å². The molecule has 0 saturated heterocycles. The first-order valence-electron chi connectivity index (χ1n) is 16.4. The van der Waals surface area contributed by atoms with Gasteiger partial charge in [-0.2, -0.15) is 79.0 Å². The third-order valence-corrected chi connectivity index (χ3v) is 9.28. The molecule has 2 saturated carbocycles. The fourth-order valence-electron chi connectivity index (χ4n) is 5.70. The summed E-state index contributed by atoms with van der Waals surface area (Å²) in [6, 6.07) is 0. The molecule has 0 unspecified atom stereocenters. The SMILES string of the molecule is CCCCCCOC1CCC(C(=O)OC2CCC(OCC(F)(F)C(F)(F)C(F)(F)C(F)(F)C(F)(F)C(F)(F)C(F)(F)C(F)(F)C(F)(F)C(F)F)CC2)CC1. The Balaban J connectivity index is 2.05. The smallest absolute Gasteiger partial charge is 0.385 e. The maximum absolute atomic E-state index is 14.3. The Hall–Kier alpha value is -2.01. The molecule has 0 aliphatic heterocycles. The molecule has 0 N–H and O–H groups in total. The second-order valence-corrected chi connectivity index (χ2v) is 13.2. The van der Waals surface area contributed by atoms with Gasteiger partial charge in [-0.3, -0.25) is 4.79 Å². The van der Waals surface area contributed by atoms with E-state index in [4.69, 9.17) is 9.47 Å². The Kier molecular flexibility index (Phi) is 15.0. The Bertz CT molecular complexity index is 1210. The lowest BCUT2D eigenvalue weighted by atomic mass is 9.86. The lowest BCUT2D eigenvalue weighted by Crippen LogP contribution is -2.76. The molecule has 320 valence electrons. The number of esters is 1. The predicted octanol–water partition coefficient (Wildman–Crippen LogP) is 11.0. The lowest BCUT2D eigenvalue weighted by Gasteiger charge is -2.44. The zero-order valence-electron chi connectivity index (χ0n) is 28.0. The summed E-state index contributed by atoms with van der Waals surface area (Å²) < 4.78 is 289. The summed E-state index contributed by atoms with van der Waals surface area (Å²) >= 11 is 0. The van der Waals surface area contributed by atoms with E-state index in [-0.39, 0.29) is 18.9 Å². The topological polar surface area (TPSA) is 44.8 Å². The minimum Gasteiger partial charge on any atom is -0.462 e. The summed E-state index contributed by atoms with van der Waals surface area (Å²) in [6.45, 7) is -0.447. The van der Waals surface area contributed by atoms with Crippen LogP contribution in [0.25, 0.3) is 0 Å². The average molecular weight is 841 g/mol. The van der Waals surface area contributed by atoms with Crippen LogP contribution in [0.4, 0.5) is 87.8 Å².